The van der Waals surface area contributed by atoms with E-state index >= 15 is 0 Å². The fraction of sp³-hybridized carbons (Fsp3) is 0.625. The molecule has 5 heteroatoms. The van der Waals surface area contributed by atoms with Crippen molar-refractivity contribution in [3.8, 4) is 0 Å². The minimum Gasteiger partial charge on any atom is -0.375 e. The van der Waals surface area contributed by atoms with Crippen LogP contribution < -0.4 is 5.32 Å². The first kappa shape index (κ1) is 15.4. The molecule has 3 rings (SSSR count). The Kier molecular flexibility index (Phi) is 4.62. The van der Waals surface area contributed by atoms with Crippen molar-refractivity contribution in [1.29, 1.82) is 0 Å². The number of nitrogens with one attached hydrogen (secondary N) is 1. The topological polar surface area (TPSA) is 21.3 Å². The molecule has 2 saturated heterocycles. The highest BCUT2D eigenvalue weighted by atomic mass is 79.9. The number of halogens is 3. The largest absolute Gasteiger partial charge is 0.375 e. The monoisotopic (exact) mass is 359 g/mol. The van der Waals surface area contributed by atoms with Gasteiger partial charge in [-0.15, -0.1) is 0 Å². The lowest BCUT2D eigenvalue weighted by molar-refractivity contribution is 0.0857. The van der Waals surface area contributed by atoms with Gasteiger partial charge in [-0.3, -0.25) is 0 Å². The van der Waals surface area contributed by atoms with Gasteiger partial charge in [-0.25, -0.2) is 8.78 Å². The SMILES string of the molecule is CCNC(Cc1c(F)ccc(Br)c1F)C1CC2CCC1O2. The number of fused-ring (bicyclic) bond motifs is 2. The van der Waals surface area contributed by atoms with Crippen molar-refractivity contribution in [2.24, 2.45) is 5.92 Å². The molecule has 1 N–H and O–H groups in total. The van der Waals surface area contributed by atoms with Crippen LogP contribution in [-0.4, -0.2) is 24.8 Å². The van der Waals surface area contributed by atoms with E-state index in [-0.39, 0.29) is 17.7 Å². The first-order valence-corrected chi connectivity index (χ1v) is 8.40. The Labute approximate surface area is 132 Å². The van der Waals surface area contributed by atoms with Gasteiger partial charge in [-0.2, -0.15) is 0 Å². The van der Waals surface area contributed by atoms with Gasteiger partial charge in [0, 0.05) is 17.5 Å². The molecule has 0 aromatic heterocycles. The summed E-state index contributed by atoms with van der Waals surface area (Å²) < 4.78 is 34.4. The lowest BCUT2D eigenvalue weighted by atomic mass is 9.81. The molecule has 1 aromatic carbocycles. The van der Waals surface area contributed by atoms with E-state index in [1.54, 1.807) is 0 Å². The molecular formula is C16H20BrF2NO. The molecule has 2 bridgehead atoms. The van der Waals surface area contributed by atoms with Gasteiger partial charge in [0.25, 0.3) is 0 Å². The van der Waals surface area contributed by atoms with Gasteiger partial charge in [0.2, 0.25) is 0 Å². The van der Waals surface area contributed by atoms with Crippen LogP contribution in [0.5, 0.6) is 0 Å². The van der Waals surface area contributed by atoms with Crippen LogP contribution in [0.4, 0.5) is 8.78 Å². The lowest BCUT2D eigenvalue weighted by Gasteiger charge is -2.29. The molecule has 0 radical (unpaired) electrons. The van der Waals surface area contributed by atoms with Gasteiger partial charge < -0.3 is 10.1 Å². The summed E-state index contributed by atoms with van der Waals surface area (Å²) in [5, 5.41) is 3.40. The fourth-order valence-electron chi connectivity index (χ4n) is 3.71. The molecule has 0 aliphatic carbocycles. The van der Waals surface area contributed by atoms with Crippen LogP contribution >= 0.6 is 15.9 Å². The molecule has 2 fully saturated rings. The van der Waals surface area contributed by atoms with Crippen LogP contribution in [0.15, 0.2) is 16.6 Å². The fourth-order valence-corrected chi connectivity index (χ4v) is 4.09. The van der Waals surface area contributed by atoms with Crippen LogP contribution in [0.3, 0.4) is 0 Å². The van der Waals surface area contributed by atoms with Crippen LogP contribution in [0, 0.1) is 17.6 Å². The van der Waals surface area contributed by atoms with Gasteiger partial charge >= 0.3 is 0 Å². The molecule has 0 amide bonds. The Balaban J connectivity index is 1.81. The van der Waals surface area contributed by atoms with Gasteiger partial charge in [0.05, 0.1) is 16.7 Å². The summed E-state index contributed by atoms with van der Waals surface area (Å²) in [5.74, 6) is -0.605. The predicted molar refractivity (Wildman–Crippen MR) is 81.2 cm³/mol. The number of likely N-dealkylation sites (N-methyl/N-ethyl adjacent to an activating group) is 1. The highest BCUT2D eigenvalue weighted by molar-refractivity contribution is 9.10. The minimum absolute atomic E-state index is 0.0589. The minimum atomic E-state index is -0.484. The quantitative estimate of drug-likeness (QED) is 0.807. The van der Waals surface area contributed by atoms with E-state index in [1.807, 2.05) is 6.92 Å². The Morgan fingerprint density at radius 3 is 2.81 bits per heavy atom. The Bertz CT molecular complexity index is 525. The van der Waals surface area contributed by atoms with Crippen molar-refractivity contribution >= 4 is 15.9 Å². The predicted octanol–water partition coefficient (Wildman–Crippen LogP) is 3.82. The van der Waals surface area contributed by atoms with Gasteiger partial charge in [-0.05, 0) is 60.3 Å². The normalized spacial score (nSPS) is 29.0. The average Bonchev–Trinajstić information content (AvgIpc) is 3.09. The summed E-state index contributed by atoms with van der Waals surface area (Å²) in [6.45, 7) is 2.81. The number of ether oxygens (including phenoxy) is 1. The highest BCUT2D eigenvalue weighted by Crippen LogP contribution is 2.41. The summed E-state index contributed by atoms with van der Waals surface area (Å²) in [7, 11) is 0. The summed E-state index contributed by atoms with van der Waals surface area (Å²) in [6.07, 6.45) is 4.15. The van der Waals surface area contributed by atoms with E-state index in [4.69, 9.17) is 4.74 Å². The molecule has 2 aliphatic rings. The van der Waals surface area contributed by atoms with E-state index < -0.39 is 11.6 Å². The van der Waals surface area contributed by atoms with Crippen LogP contribution in [0.1, 0.15) is 31.7 Å². The van der Waals surface area contributed by atoms with E-state index in [0.29, 0.717) is 22.9 Å². The Hall–Kier alpha value is -0.520. The maximum atomic E-state index is 14.2. The van der Waals surface area contributed by atoms with E-state index in [2.05, 4.69) is 21.2 Å². The zero-order valence-electron chi connectivity index (χ0n) is 12.0. The first-order chi connectivity index (χ1) is 10.1. The molecule has 0 spiro atoms. The van der Waals surface area contributed by atoms with Gasteiger partial charge in [0.1, 0.15) is 11.6 Å². The standard InChI is InChI=1S/C16H20BrF2NO/c1-2-20-14(11-7-9-3-6-15(11)21-9)8-10-13(18)5-4-12(17)16(10)19/h4-5,9,11,14-15,20H,2-3,6-8H2,1H3. The third-order valence-corrected chi connectivity index (χ3v) is 5.31. The second-order valence-electron chi connectivity index (χ2n) is 5.96. The molecule has 4 unspecified atom stereocenters. The summed E-state index contributed by atoms with van der Waals surface area (Å²) >= 11 is 3.14. The lowest BCUT2D eigenvalue weighted by Crippen LogP contribution is -2.42. The maximum Gasteiger partial charge on any atom is 0.143 e. The van der Waals surface area contributed by atoms with Crippen LogP contribution in [-0.2, 0) is 11.2 Å². The second-order valence-corrected chi connectivity index (χ2v) is 6.82. The zero-order chi connectivity index (χ0) is 15.0. The van der Waals surface area contributed by atoms with Crippen LogP contribution in [0.25, 0.3) is 0 Å². The molecule has 2 aliphatic heterocycles. The van der Waals surface area contributed by atoms with Crippen LogP contribution in [0.2, 0.25) is 0 Å². The first-order valence-electron chi connectivity index (χ1n) is 7.61. The smallest absolute Gasteiger partial charge is 0.143 e. The van der Waals surface area contributed by atoms with Crippen molar-refractivity contribution in [1.82, 2.24) is 5.32 Å². The van der Waals surface area contributed by atoms with Gasteiger partial charge in [0.15, 0.2) is 0 Å². The second kappa shape index (κ2) is 6.31. The molecule has 21 heavy (non-hydrogen) atoms. The summed E-state index contributed by atoms with van der Waals surface area (Å²) in [6, 6.07) is 2.79. The van der Waals surface area contributed by atoms with E-state index in [0.717, 1.165) is 25.8 Å². The van der Waals surface area contributed by atoms with Crippen molar-refractivity contribution in [3.05, 3.63) is 33.8 Å². The van der Waals surface area contributed by atoms with Crippen molar-refractivity contribution < 1.29 is 13.5 Å². The van der Waals surface area contributed by atoms with E-state index in [9.17, 15) is 8.78 Å². The molecule has 1 aromatic rings. The van der Waals surface area contributed by atoms with Crippen molar-refractivity contribution in [2.45, 2.75) is 50.9 Å². The average molecular weight is 360 g/mol. The molecule has 4 atom stereocenters. The number of hydrogen-bond acceptors (Lipinski definition) is 2. The maximum absolute atomic E-state index is 14.2. The molecule has 0 saturated carbocycles. The Morgan fingerprint density at radius 2 is 2.19 bits per heavy atom. The van der Waals surface area contributed by atoms with Gasteiger partial charge in [-0.1, -0.05) is 6.92 Å². The number of rotatable bonds is 5. The molecule has 2 heterocycles. The van der Waals surface area contributed by atoms with Crippen molar-refractivity contribution in [3.63, 3.8) is 0 Å². The Morgan fingerprint density at radius 1 is 1.38 bits per heavy atom. The van der Waals surface area contributed by atoms with Crippen molar-refractivity contribution in [2.75, 3.05) is 6.54 Å². The molecule has 116 valence electrons. The summed E-state index contributed by atoms with van der Waals surface area (Å²) in [5.41, 5.74) is 0.165. The van der Waals surface area contributed by atoms with E-state index in [1.165, 1.54) is 12.1 Å². The summed E-state index contributed by atoms with van der Waals surface area (Å²) in [4.78, 5) is 0. The third-order valence-electron chi connectivity index (χ3n) is 4.70. The number of hydrogen-bond donors (Lipinski definition) is 1. The number of benzene rings is 1. The molecular weight excluding hydrogens is 340 g/mol. The highest BCUT2D eigenvalue weighted by Gasteiger charge is 2.44. The third kappa shape index (κ3) is 3.01. The molecule has 2 nitrogen and oxygen atoms in total. The zero-order valence-corrected chi connectivity index (χ0v) is 13.6.